The van der Waals surface area contributed by atoms with Gasteiger partial charge in [-0.1, -0.05) is 6.92 Å². The van der Waals surface area contributed by atoms with Crippen LogP contribution in [0.4, 0.5) is 5.82 Å². The predicted octanol–water partition coefficient (Wildman–Crippen LogP) is 3.06. The zero-order chi connectivity index (χ0) is 13.7. The number of hydrogen-bond donors (Lipinski definition) is 1. The van der Waals surface area contributed by atoms with E-state index in [-0.39, 0.29) is 0 Å². The Kier molecular flexibility index (Phi) is 5.07. The van der Waals surface area contributed by atoms with Crippen LogP contribution in [0.3, 0.4) is 0 Å². The molecule has 0 radical (unpaired) electrons. The van der Waals surface area contributed by atoms with Crippen LogP contribution in [-0.2, 0) is 12.8 Å². The number of pyridine rings is 1. The summed E-state index contributed by atoms with van der Waals surface area (Å²) in [6.45, 7) is 5.06. The number of nitrogens with zero attached hydrogens (tertiary/aromatic N) is 3. The van der Waals surface area contributed by atoms with E-state index >= 15 is 0 Å². The number of halogens is 1. The van der Waals surface area contributed by atoms with Crippen molar-refractivity contribution in [3.05, 3.63) is 45.2 Å². The van der Waals surface area contributed by atoms with E-state index in [4.69, 9.17) is 0 Å². The molecule has 0 aliphatic heterocycles. The normalized spacial score (nSPS) is 10.5. The van der Waals surface area contributed by atoms with Crippen LogP contribution in [0.25, 0.3) is 0 Å². The third-order valence-electron chi connectivity index (χ3n) is 2.76. The van der Waals surface area contributed by atoms with Gasteiger partial charge in [0.1, 0.15) is 11.6 Å². The lowest BCUT2D eigenvalue weighted by molar-refractivity contribution is 0.892. The molecule has 2 heterocycles. The molecule has 5 heteroatoms. The highest BCUT2D eigenvalue weighted by Crippen LogP contribution is 2.20. The van der Waals surface area contributed by atoms with Gasteiger partial charge in [0.25, 0.3) is 0 Å². The largest absolute Gasteiger partial charge is 0.369 e. The fourth-order valence-corrected chi connectivity index (χ4v) is 2.64. The molecule has 0 aliphatic rings. The van der Waals surface area contributed by atoms with Crippen LogP contribution in [0.1, 0.15) is 30.9 Å². The SMILES string of the molecule is CCNc1nc(Cc2ccncc2)nc(CC)c1I. The molecule has 0 spiro atoms. The zero-order valence-electron chi connectivity index (χ0n) is 11.2. The number of nitrogens with one attached hydrogen (secondary N) is 1. The zero-order valence-corrected chi connectivity index (χ0v) is 13.3. The maximum atomic E-state index is 4.65. The second kappa shape index (κ2) is 6.79. The van der Waals surface area contributed by atoms with Crippen molar-refractivity contribution in [2.75, 3.05) is 11.9 Å². The van der Waals surface area contributed by atoms with E-state index in [0.717, 1.165) is 40.3 Å². The second-order valence-electron chi connectivity index (χ2n) is 4.17. The van der Waals surface area contributed by atoms with Crippen LogP contribution in [0.2, 0.25) is 0 Å². The molecule has 0 atom stereocenters. The van der Waals surface area contributed by atoms with Gasteiger partial charge >= 0.3 is 0 Å². The molecule has 2 aromatic rings. The lowest BCUT2D eigenvalue weighted by Gasteiger charge is -2.11. The summed E-state index contributed by atoms with van der Waals surface area (Å²) in [7, 11) is 0. The van der Waals surface area contributed by atoms with Crippen LogP contribution in [0, 0.1) is 3.57 Å². The third kappa shape index (κ3) is 3.62. The Balaban J connectivity index is 2.32. The van der Waals surface area contributed by atoms with Crippen molar-refractivity contribution in [2.24, 2.45) is 0 Å². The molecule has 100 valence electrons. The van der Waals surface area contributed by atoms with Gasteiger partial charge in [-0.2, -0.15) is 0 Å². The Hall–Kier alpha value is -1.24. The van der Waals surface area contributed by atoms with Crippen molar-refractivity contribution in [2.45, 2.75) is 26.7 Å². The van der Waals surface area contributed by atoms with Crippen molar-refractivity contribution in [1.82, 2.24) is 15.0 Å². The van der Waals surface area contributed by atoms with E-state index in [1.165, 1.54) is 5.56 Å². The van der Waals surface area contributed by atoms with E-state index in [9.17, 15) is 0 Å². The molecule has 0 amide bonds. The lowest BCUT2D eigenvalue weighted by atomic mass is 10.2. The Morgan fingerprint density at radius 3 is 2.53 bits per heavy atom. The summed E-state index contributed by atoms with van der Waals surface area (Å²) in [5, 5.41) is 3.31. The molecule has 2 rings (SSSR count). The number of aryl methyl sites for hydroxylation is 1. The second-order valence-corrected chi connectivity index (χ2v) is 5.24. The minimum Gasteiger partial charge on any atom is -0.369 e. The fraction of sp³-hybridized carbons (Fsp3) is 0.357. The summed E-state index contributed by atoms with van der Waals surface area (Å²) < 4.78 is 1.13. The quantitative estimate of drug-likeness (QED) is 0.825. The number of aromatic nitrogens is 3. The monoisotopic (exact) mass is 368 g/mol. The van der Waals surface area contributed by atoms with Gasteiger partial charge in [0, 0.05) is 25.4 Å². The van der Waals surface area contributed by atoms with E-state index in [2.05, 4.69) is 56.7 Å². The molecular weight excluding hydrogens is 351 g/mol. The Labute approximate surface area is 127 Å². The van der Waals surface area contributed by atoms with Crippen molar-refractivity contribution >= 4 is 28.4 Å². The molecule has 4 nitrogen and oxygen atoms in total. The predicted molar refractivity (Wildman–Crippen MR) is 85.3 cm³/mol. The summed E-state index contributed by atoms with van der Waals surface area (Å²) in [6.07, 6.45) is 5.26. The molecule has 0 aliphatic carbocycles. The molecule has 0 aromatic carbocycles. The molecule has 0 saturated heterocycles. The summed E-state index contributed by atoms with van der Waals surface area (Å²) in [6, 6.07) is 4.00. The minimum absolute atomic E-state index is 0.741. The van der Waals surface area contributed by atoms with Crippen molar-refractivity contribution in [1.29, 1.82) is 0 Å². The number of rotatable bonds is 5. The van der Waals surface area contributed by atoms with E-state index in [1.54, 1.807) is 12.4 Å². The molecule has 0 bridgehead atoms. The summed E-state index contributed by atoms with van der Waals surface area (Å²) in [5.41, 5.74) is 2.29. The van der Waals surface area contributed by atoms with Gasteiger partial charge in [-0.25, -0.2) is 9.97 Å². The van der Waals surface area contributed by atoms with Crippen LogP contribution >= 0.6 is 22.6 Å². The molecule has 1 N–H and O–H groups in total. The number of anilines is 1. The van der Waals surface area contributed by atoms with E-state index in [0.29, 0.717) is 0 Å². The Bertz CT molecular complexity index is 543. The van der Waals surface area contributed by atoms with Gasteiger partial charge in [0.05, 0.1) is 9.26 Å². The molecule has 0 saturated carbocycles. The summed E-state index contributed by atoms with van der Waals surface area (Å²) in [4.78, 5) is 13.3. The first-order valence-corrected chi connectivity index (χ1v) is 7.50. The summed E-state index contributed by atoms with van der Waals surface area (Å²) in [5.74, 6) is 1.80. The topological polar surface area (TPSA) is 50.7 Å². The highest BCUT2D eigenvalue weighted by Gasteiger charge is 2.10. The maximum absolute atomic E-state index is 4.65. The average Bonchev–Trinajstić information content (AvgIpc) is 2.43. The molecule has 2 aromatic heterocycles. The Morgan fingerprint density at radius 1 is 1.16 bits per heavy atom. The molecule has 0 unspecified atom stereocenters. The van der Waals surface area contributed by atoms with Crippen LogP contribution in [0.15, 0.2) is 24.5 Å². The smallest absolute Gasteiger partial charge is 0.143 e. The summed E-state index contributed by atoms with van der Waals surface area (Å²) >= 11 is 2.31. The Morgan fingerprint density at radius 2 is 1.89 bits per heavy atom. The fourth-order valence-electron chi connectivity index (χ4n) is 1.83. The molecule has 0 fully saturated rings. The highest BCUT2D eigenvalue weighted by molar-refractivity contribution is 14.1. The van der Waals surface area contributed by atoms with Gasteiger partial charge in [-0.15, -0.1) is 0 Å². The van der Waals surface area contributed by atoms with Crippen LogP contribution < -0.4 is 5.32 Å². The van der Waals surface area contributed by atoms with Gasteiger partial charge in [0.15, 0.2) is 0 Å². The first-order valence-electron chi connectivity index (χ1n) is 6.42. The maximum Gasteiger partial charge on any atom is 0.143 e. The van der Waals surface area contributed by atoms with E-state index < -0.39 is 0 Å². The van der Waals surface area contributed by atoms with E-state index in [1.807, 2.05) is 12.1 Å². The van der Waals surface area contributed by atoms with Crippen molar-refractivity contribution in [3.8, 4) is 0 Å². The minimum atomic E-state index is 0.741. The molecule has 19 heavy (non-hydrogen) atoms. The molecular formula is C14H17IN4. The van der Waals surface area contributed by atoms with Gasteiger partial charge in [-0.3, -0.25) is 4.98 Å². The lowest BCUT2D eigenvalue weighted by Crippen LogP contribution is -2.09. The third-order valence-corrected chi connectivity index (χ3v) is 3.89. The average molecular weight is 368 g/mol. The van der Waals surface area contributed by atoms with Gasteiger partial charge in [-0.05, 0) is 53.6 Å². The van der Waals surface area contributed by atoms with Gasteiger partial charge in [0.2, 0.25) is 0 Å². The highest BCUT2D eigenvalue weighted by atomic mass is 127. The van der Waals surface area contributed by atoms with Crippen molar-refractivity contribution < 1.29 is 0 Å². The number of hydrogen-bond acceptors (Lipinski definition) is 4. The first kappa shape index (κ1) is 14.2. The standard InChI is InChI=1S/C14H17IN4/c1-3-11-13(15)14(17-4-2)19-12(18-11)9-10-5-7-16-8-6-10/h5-8H,3-4,9H2,1-2H3,(H,17,18,19). The van der Waals surface area contributed by atoms with Crippen molar-refractivity contribution in [3.63, 3.8) is 0 Å². The first-order chi connectivity index (χ1) is 9.24. The van der Waals surface area contributed by atoms with Gasteiger partial charge < -0.3 is 5.32 Å². The van der Waals surface area contributed by atoms with Crippen LogP contribution in [0.5, 0.6) is 0 Å². The van der Waals surface area contributed by atoms with Crippen LogP contribution in [-0.4, -0.2) is 21.5 Å².